The van der Waals surface area contributed by atoms with Crippen molar-refractivity contribution in [2.45, 2.75) is 6.42 Å². The van der Waals surface area contributed by atoms with Crippen LogP contribution in [0.1, 0.15) is 12.0 Å². The molecule has 2 rings (SSSR count). The van der Waals surface area contributed by atoms with Crippen molar-refractivity contribution in [3.05, 3.63) is 39.2 Å². The van der Waals surface area contributed by atoms with Gasteiger partial charge in [0.15, 0.2) is 0 Å². The van der Waals surface area contributed by atoms with Crippen LogP contribution in [0.15, 0.2) is 33.6 Å². The zero-order chi connectivity index (χ0) is 14.5. The van der Waals surface area contributed by atoms with E-state index < -0.39 is 0 Å². The van der Waals surface area contributed by atoms with Gasteiger partial charge in [-0.05, 0) is 42.2 Å². The quantitative estimate of drug-likeness (QED) is 0.423. The summed E-state index contributed by atoms with van der Waals surface area (Å²) in [6.07, 6.45) is 4.94. The molecule has 1 aromatic carbocycles. The van der Waals surface area contributed by atoms with Gasteiger partial charge in [-0.2, -0.15) is 11.8 Å². The van der Waals surface area contributed by atoms with Crippen LogP contribution in [0, 0.1) is 0 Å². The highest BCUT2D eigenvalue weighted by Crippen LogP contribution is 2.32. The highest BCUT2D eigenvalue weighted by Gasteiger charge is 2.31. The van der Waals surface area contributed by atoms with Gasteiger partial charge in [0.25, 0.3) is 5.91 Å². The van der Waals surface area contributed by atoms with E-state index in [0.29, 0.717) is 15.8 Å². The predicted molar refractivity (Wildman–Crippen MR) is 97.0 cm³/mol. The minimum absolute atomic E-state index is 0.0315. The minimum atomic E-state index is 0.0315. The third-order valence-corrected chi connectivity index (χ3v) is 5.37. The van der Waals surface area contributed by atoms with Crippen LogP contribution in [0.4, 0.5) is 0 Å². The zero-order valence-electron chi connectivity index (χ0n) is 11.0. The van der Waals surface area contributed by atoms with Gasteiger partial charge in [0.2, 0.25) is 0 Å². The first kappa shape index (κ1) is 16.1. The summed E-state index contributed by atoms with van der Waals surface area (Å²) in [5, 5.41) is 0. The van der Waals surface area contributed by atoms with Crippen LogP contribution >= 0.6 is 51.7 Å². The molecule has 0 aromatic heterocycles. The highest BCUT2D eigenvalue weighted by molar-refractivity contribution is 9.10. The molecule has 2 nitrogen and oxygen atoms in total. The fourth-order valence-electron chi connectivity index (χ4n) is 1.77. The second kappa shape index (κ2) is 7.64. The van der Waals surface area contributed by atoms with Crippen molar-refractivity contribution >= 4 is 68.0 Å². The maximum atomic E-state index is 12.3. The molecule has 0 radical (unpaired) electrons. The van der Waals surface area contributed by atoms with E-state index in [1.807, 2.05) is 30.3 Å². The third kappa shape index (κ3) is 4.10. The third-order valence-electron chi connectivity index (χ3n) is 2.77. The maximum absolute atomic E-state index is 12.3. The second-order valence-electron chi connectivity index (χ2n) is 4.23. The summed E-state index contributed by atoms with van der Waals surface area (Å²) >= 11 is 11.9. The van der Waals surface area contributed by atoms with Gasteiger partial charge in [-0.25, -0.2) is 0 Å². The van der Waals surface area contributed by atoms with Crippen molar-refractivity contribution in [1.82, 2.24) is 4.90 Å². The lowest BCUT2D eigenvalue weighted by molar-refractivity contribution is -0.122. The lowest BCUT2D eigenvalue weighted by Crippen LogP contribution is -2.29. The molecule has 6 heteroatoms. The normalized spacial score (nSPS) is 17.3. The molecular weight excluding hydrogens is 374 g/mol. The number of rotatable bonds is 5. The van der Waals surface area contributed by atoms with E-state index >= 15 is 0 Å². The number of thioether (sulfide) groups is 2. The van der Waals surface area contributed by atoms with Crippen LogP contribution in [0.25, 0.3) is 6.08 Å². The average Bonchev–Trinajstić information content (AvgIpc) is 2.69. The summed E-state index contributed by atoms with van der Waals surface area (Å²) < 4.78 is 1.69. The molecule has 0 saturated carbocycles. The molecular formula is C14H14BrNOS3. The fourth-order valence-corrected chi connectivity index (χ4v) is 3.76. The molecule has 0 atom stereocenters. The Labute approximate surface area is 141 Å². The Hall–Kier alpha value is -0.300. The first-order chi connectivity index (χ1) is 9.61. The summed E-state index contributed by atoms with van der Waals surface area (Å²) in [4.78, 5) is 14.7. The number of carbonyl (C=O) groups excluding carboxylic acids is 1. The van der Waals surface area contributed by atoms with Gasteiger partial charge in [0.05, 0.1) is 4.91 Å². The molecule has 20 heavy (non-hydrogen) atoms. The van der Waals surface area contributed by atoms with Gasteiger partial charge < -0.3 is 0 Å². The number of carbonyl (C=O) groups is 1. The molecule has 0 spiro atoms. The lowest BCUT2D eigenvalue weighted by Gasteiger charge is -2.13. The molecule has 1 aliphatic heterocycles. The van der Waals surface area contributed by atoms with Crippen LogP contribution in [0.3, 0.4) is 0 Å². The van der Waals surface area contributed by atoms with E-state index in [2.05, 4.69) is 22.2 Å². The summed E-state index contributed by atoms with van der Waals surface area (Å²) in [6, 6.07) is 7.88. The standard InChI is InChI=1S/C14H14BrNOS3/c1-19-8-2-7-16-13(17)12(20-14(16)18)9-10-3-5-11(15)6-4-10/h3-6,9H,2,7-8H2,1H3/b12-9+. The molecule has 1 fully saturated rings. The Morgan fingerprint density at radius 3 is 2.75 bits per heavy atom. The molecule has 0 aliphatic carbocycles. The smallest absolute Gasteiger partial charge is 0.266 e. The number of amides is 1. The van der Waals surface area contributed by atoms with Crippen LogP contribution in [-0.4, -0.2) is 33.7 Å². The van der Waals surface area contributed by atoms with E-state index in [1.165, 1.54) is 11.8 Å². The molecule has 1 saturated heterocycles. The van der Waals surface area contributed by atoms with Crippen LogP contribution < -0.4 is 0 Å². The first-order valence-electron chi connectivity index (χ1n) is 6.11. The molecule has 1 amide bonds. The van der Waals surface area contributed by atoms with Crippen molar-refractivity contribution in [1.29, 1.82) is 0 Å². The topological polar surface area (TPSA) is 20.3 Å². The van der Waals surface area contributed by atoms with Crippen molar-refractivity contribution in [3.63, 3.8) is 0 Å². The number of hydrogen-bond acceptors (Lipinski definition) is 4. The molecule has 0 unspecified atom stereocenters. The summed E-state index contributed by atoms with van der Waals surface area (Å²) in [7, 11) is 0. The molecule has 1 aromatic rings. The van der Waals surface area contributed by atoms with Gasteiger partial charge in [-0.1, -0.05) is 52.0 Å². The maximum Gasteiger partial charge on any atom is 0.266 e. The molecule has 1 heterocycles. The van der Waals surface area contributed by atoms with E-state index in [1.54, 1.807) is 16.7 Å². The molecule has 106 valence electrons. The van der Waals surface area contributed by atoms with Crippen molar-refractivity contribution < 1.29 is 4.79 Å². The van der Waals surface area contributed by atoms with Crippen molar-refractivity contribution in [2.24, 2.45) is 0 Å². The van der Waals surface area contributed by atoms with Crippen LogP contribution in [0.2, 0.25) is 0 Å². The zero-order valence-corrected chi connectivity index (χ0v) is 15.0. The largest absolute Gasteiger partial charge is 0.293 e. The van der Waals surface area contributed by atoms with E-state index in [-0.39, 0.29) is 5.91 Å². The predicted octanol–water partition coefficient (Wildman–Crippen LogP) is 4.40. The highest BCUT2D eigenvalue weighted by atomic mass is 79.9. The van der Waals surface area contributed by atoms with E-state index in [9.17, 15) is 4.79 Å². The van der Waals surface area contributed by atoms with Crippen LogP contribution in [-0.2, 0) is 4.79 Å². The summed E-state index contributed by atoms with van der Waals surface area (Å²) in [5.41, 5.74) is 1.01. The first-order valence-corrected chi connectivity index (χ1v) is 9.53. The van der Waals surface area contributed by atoms with Crippen molar-refractivity contribution in [2.75, 3.05) is 18.6 Å². The molecule has 0 bridgehead atoms. The van der Waals surface area contributed by atoms with Gasteiger partial charge in [-0.3, -0.25) is 9.69 Å². The van der Waals surface area contributed by atoms with E-state index in [0.717, 1.165) is 22.2 Å². The SMILES string of the molecule is CSCCCN1C(=O)/C(=C\c2ccc(Br)cc2)SC1=S. The lowest BCUT2D eigenvalue weighted by atomic mass is 10.2. The van der Waals surface area contributed by atoms with Gasteiger partial charge in [0.1, 0.15) is 4.32 Å². The van der Waals surface area contributed by atoms with Crippen LogP contribution in [0.5, 0.6) is 0 Å². The molecule has 1 aliphatic rings. The Morgan fingerprint density at radius 2 is 2.10 bits per heavy atom. The van der Waals surface area contributed by atoms with Gasteiger partial charge in [-0.15, -0.1) is 0 Å². The summed E-state index contributed by atoms with van der Waals surface area (Å²) in [5.74, 6) is 1.08. The Morgan fingerprint density at radius 1 is 1.40 bits per heavy atom. The number of halogens is 1. The summed E-state index contributed by atoms with van der Waals surface area (Å²) in [6.45, 7) is 0.711. The number of hydrogen-bond donors (Lipinski definition) is 0. The second-order valence-corrected chi connectivity index (χ2v) is 7.81. The van der Waals surface area contributed by atoms with Crippen molar-refractivity contribution in [3.8, 4) is 0 Å². The number of nitrogens with zero attached hydrogens (tertiary/aromatic N) is 1. The Bertz CT molecular complexity index is 542. The monoisotopic (exact) mass is 387 g/mol. The Kier molecular flexibility index (Phi) is 6.14. The fraction of sp³-hybridized carbons (Fsp3) is 0.286. The Balaban J connectivity index is 2.09. The van der Waals surface area contributed by atoms with Gasteiger partial charge in [0, 0.05) is 11.0 Å². The van der Waals surface area contributed by atoms with Gasteiger partial charge >= 0.3 is 0 Å². The molecule has 0 N–H and O–H groups in total. The number of benzene rings is 1. The van der Waals surface area contributed by atoms with E-state index in [4.69, 9.17) is 12.2 Å². The minimum Gasteiger partial charge on any atom is -0.293 e. The number of thiocarbonyl (C=S) groups is 1. The average molecular weight is 388 g/mol.